The summed E-state index contributed by atoms with van der Waals surface area (Å²) in [4.78, 5) is 15.4. The maximum atomic E-state index is 11.2. The topological polar surface area (TPSA) is 39.2 Å². The fourth-order valence-corrected chi connectivity index (χ4v) is 1.25. The van der Waals surface area contributed by atoms with Gasteiger partial charge < -0.3 is 4.74 Å². The summed E-state index contributed by atoms with van der Waals surface area (Å²) in [5.41, 5.74) is 1.96. The van der Waals surface area contributed by atoms with E-state index >= 15 is 0 Å². The van der Waals surface area contributed by atoms with E-state index < -0.39 is 0 Å². The Kier molecular flexibility index (Phi) is 3.63. The van der Waals surface area contributed by atoms with Gasteiger partial charge in [-0.25, -0.2) is 0 Å². The molecule has 1 atom stereocenters. The zero-order valence-corrected chi connectivity index (χ0v) is 8.78. The summed E-state index contributed by atoms with van der Waals surface area (Å²) >= 11 is 0. The molecule has 0 saturated carbocycles. The number of hydrogen-bond donors (Lipinski definition) is 0. The number of hydrogen-bond acceptors (Lipinski definition) is 3. The van der Waals surface area contributed by atoms with Crippen LogP contribution < -0.4 is 0 Å². The Morgan fingerprint density at radius 2 is 2.36 bits per heavy atom. The molecule has 0 aliphatic heterocycles. The average molecular weight is 193 g/mol. The Bertz CT molecular complexity index is 323. The number of methoxy groups -OCH3 is 1. The number of aromatic nitrogens is 1. The monoisotopic (exact) mass is 193 g/mol. The van der Waals surface area contributed by atoms with Gasteiger partial charge in [0, 0.05) is 6.20 Å². The number of carbonyl (C=O) groups is 1. The number of pyridine rings is 1. The van der Waals surface area contributed by atoms with Crippen LogP contribution in [0.5, 0.6) is 0 Å². The van der Waals surface area contributed by atoms with Gasteiger partial charge in [0.25, 0.3) is 0 Å². The van der Waals surface area contributed by atoms with Gasteiger partial charge in [-0.3, -0.25) is 9.78 Å². The molecule has 1 rings (SSSR count). The normalized spacial score (nSPS) is 12.2. The van der Waals surface area contributed by atoms with Gasteiger partial charge in [0.05, 0.1) is 18.7 Å². The molecule has 0 fully saturated rings. The van der Waals surface area contributed by atoms with Crippen LogP contribution in [0, 0.1) is 0 Å². The molecular formula is C11H15NO2. The molecule has 0 N–H and O–H groups in total. The summed E-state index contributed by atoms with van der Waals surface area (Å²) in [7, 11) is 1.39. The Labute approximate surface area is 84.1 Å². The van der Waals surface area contributed by atoms with Crippen LogP contribution in [-0.4, -0.2) is 18.1 Å². The molecule has 0 radical (unpaired) electrons. The van der Waals surface area contributed by atoms with Gasteiger partial charge in [0.15, 0.2) is 0 Å². The molecule has 76 valence electrons. The van der Waals surface area contributed by atoms with Crippen molar-refractivity contribution in [2.45, 2.75) is 26.2 Å². The standard InChI is InChI=1S/C11H15NO2/c1-4-9-5-6-12-10(7-9)8(2)11(13)14-3/h5-8H,4H2,1-3H3. The first-order chi connectivity index (χ1) is 6.69. The molecule has 0 spiro atoms. The first-order valence-corrected chi connectivity index (χ1v) is 4.71. The van der Waals surface area contributed by atoms with Crippen molar-refractivity contribution in [3.05, 3.63) is 29.6 Å². The summed E-state index contributed by atoms with van der Waals surface area (Å²) in [5, 5.41) is 0. The Hall–Kier alpha value is -1.38. The van der Waals surface area contributed by atoms with Crippen LogP contribution in [0.25, 0.3) is 0 Å². The van der Waals surface area contributed by atoms with Crippen molar-refractivity contribution in [2.75, 3.05) is 7.11 Å². The van der Waals surface area contributed by atoms with Crippen molar-refractivity contribution < 1.29 is 9.53 Å². The van der Waals surface area contributed by atoms with Crippen LogP contribution in [0.15, 0.2) is 18.3 Å². The molecule has 0 aliphatic carbocycles. The van der Waals surface area contributed by atoms with Crippen molar-refractivity contribution in [1.29, 1.82) is 0 Å². The summed E-state index contributed by atoms with van der Waals surface area (Å²) in [6.07, 6.45) is 2.68. The van der Waals surface area contributed by atoms with Gasteiger partial charge in [-0.15, -0.1) is 0 Å². The number of aryl methyl sites for hydroxylation is 1. The molecule has 0 amide bonds. The zero-order chi connectivity index (χ0) is 10.6. The Morgan fingerprint density at radius 3 is 2.93 bits per heavy atom. The number of ether oxygens (including phenoxy) is 1. The predicted molar refractivity (Wildman–Crippen MR) is 54.0 cm³/mol. The van der Waals surface area contributed by atoms with Crippen LogP contribution in [0.1, 0.15) is 31.0 Å². The van der Waals surface area contributed by atoms with E-state index in [2.05, 4.69) is 16.6 Å². The third-order valence-corrected chi connectivity index (χ3v) is 2.25. The molecule has 1 aromatic heterocycles. The predicted octanol–water partition coefficient (Wildman–Crippen LogP) is 1.92. The molecular weight excluding hydrogens is 178 g/mol. The molecule has 14 heavy (non-hydrogen) atoms. The van der Waals surface area contributed by atoms with E-state index in [9.17, 15) is 4.79 Å². The fourth-order valence-electron chi connectivity index (χ4n) is 1.25. The highest BCUT2D eigenvalue weighted by Gasteiger charge is 2.16. The van der Waals surface area contributed by atoms with E-state index in [4.69, 9.17) is 0 Å². The molecule has 1 aromatic rings. The number of esters is 1. The third kappa shape index (κ3) is 2.31. The van der Waals surface area contributed by atoms with Gasteiger partial charge >= 0.3 is 5.97 Å². The van der Waals surface area contributed by atoms with Crippen molar-refractivity contribution in [1.82, 2.24) is 4.98 Å². The quantitative estimate of drug-likeness (QED) is 0.688. The van der Waals surface area contributed by atoms with Crippen molar-refractivity contribution in [3.8, 4) is 0 Å². The lowest BCUT2D eigenvalue weighted by Gasteiger charge is -2.09. The molecule has 0 aliphatic rings. The van der Waals surface area contributed by atoms with Crippen LogP contribution in [0.4, 0.5) is 0 Å². The van der Waals surface area contributed by atoms with Gasteiger partial charge in [0.1, 0.15) is 0 Å². The maximum absolute atomic E-state index is 11.2. The van der Waals surface area contributed by atoms with Gasteiger partial charge in [-0.05, 0) is 31.0 Å². The SMILES string of the molecule is CCc1ccnc(C(C)C(=O)OC)c1. The van der Waals surface area contributed by atoms with Crippen molar-refractivity contribution in [2.24, 2.45) is 0 Å². The highest BCUT2D eigenvalue weighted by molar-refractivity contribution is 5.76. The first-order valence-electron chi connectivity index (χ1n) is 4.71. The van der Waals surface area contributed by atoms with Gasteiger partial charge in [-0.1, -0.05) is 6.92 Å². The van der Waals surface area contributed by atoms with E-state index in [0.717, 1.165) is 12.1 Å². The van der Waals surface area contributed by atoms with Crippen LogP contribution in [-0.2, 0) is 16.0 Å². The summed E-state index contributed by atoms with van der Waals surface area (Å²) in [6, 6.07) is 3.90. The highest BCUT2D eigenvalue weighted by atomic mass is 16.5. The minimum Gasteiger partial charge on any atom is -0.469 e. The summed E-state index contributed by atoms with van der Waals surface area (Å²) < 4.78 is 4.66. The van der Waals surface area contributed by atoms with Crippen LogP contribution in [0.3, 0.4) is 0 Å². The van der Waals surface area contributed by atoms with E-state index in [0.29, 0.717) is 0 Å². The van der Waals surface area contributed by atoms with Crippen LogP contribution in [0.2, 0.25) is 0 Å². The zero-order valence-electron chi connectivity index (χ0n) is 8.78. The third-order valence-electron chi connectivity index (χ3n) is 2.25. The van der Waals surface area contributed by atoms with Crippen LogP contribution >= 0.6 is 0 Å². The fraction of sp³-hybridized carbons (Fsp3) is 0.455. The summed E-state index contributed by atoms with van der Waals surface area (Å²) in [5.74, 6) is -0.530. The maximum Gasteiger partial charge on any atom is 0.314 e. The lowest BCUT2D eigenvalue weighted by Crippen LogP contribution is -2.12. The second kappa shape index (κ2) is 4.74. The molecule has 1 heterocycles. The Morgan fingerprint density at radius 1 is 1.64 bits per heavy atom. The number of rotatable bonds is 3. The largest absolute Gasteiger partial charge is 0.469 e. The molecule has 0 bridgehead atoms. The molecule has 3 heteroatoms. The first kappa shape index (κ1) is 10.7. The number of carbonyl (C=O) groups excluding carboxylic acids is 1. The molecule has 0 saturated heterocycles. The lowest BCUT2D eigenvalue weighted by molar-refractivity contribution is -0.142. The molecule has 0 aromatic carbocycles. The molecule has 1 unspecified atom stereocenters. The lowest BCUT2D eigenvalue weighted by atomic mass is 10.0. The van der Waals surface area contributed by atoms with Crippen molar-refractivity contribution >= 4 is 5.97 Å². The Balaban J connectivity index is 2.89. The highest BCUT2D eigenvalue weighted by Crippen LogP contribution is 2.15. The van der Waals surface area contributed by atoms with E-state index in [1.165, 1.54) is 12.7 Å². The average Bonchev–Trinajstić information content (AvgIpc) is 2.27. The van der Waals surface area contributed by atoms with Crippen molar-refractivity contribution in [3.63, 3.8) is 0 Å². The van der Waals surface area contributed by atoms with E-state index in [-0.39, 0.29) is 11.9 Å². The summed E-state index contributed by atoms with van der Waals surface area (Å²) in [6.45, 7) is 3.87. The van der Waals surface area contributed by atoms with E-state index in [1.54, 1.807) is 13.1 Å². The van der Waals surface area contributed by atoms with Gasteiger partial charge in [0.2, 0.25) is 0 Å². The molecule has 3 nitrogen and oxygen atoms in total. The minimum atomic E-state index is -0.286. The second-order valence-corrected chi connectivity index (χ2v) is 3.19. The van der Waals surface area contributed by atoms with Gasteiger partial charge in [-0.2, -0.15) is 0 Å². The smallest absolute Gasteiger partial charge is 0.314 e. The minimum absolute atomic E-state index is 0.245. The second-order valence-electron chi connectivity index (χ2n) is 3.19. The van der Waals surface area contributed by atoms with E-state index in [1.807, 2.05) is 12.1 Å². The number of nitrogens with zero attached hydrogens (tertiary/aromatic N) is 1.